The van der Waals surface area contributed by atoms with Crippen LogP contribution in [-0.4, -0.2) is 19.7 Å². The fourth-order valence-corrected chi connectivity index (χ4v) is 1.92. The van der Waals surface area contributed by atoms with Crippen LogP contribution >= 0.6 is 0 Å². The summed E-state index contributed by atoms with van der Waals surface area (Å²) < 4.78 is 10.4. The minimum absolute atomic E-state index is 0.100. The second-order valence-electron chi connectivity index (χ2n) is 4.81. The molecule has 1 fully saturated rings. The number of carbonyl (C=O) groups is 1. The van der Waals surface area contributed by atoms with Crippen molar-refractivity contribution >= 4 is 12.0 Å². The molecule has 0 atom stereocenters. The standard InChI is InChI=1S/C16H20O3/c1-18-15-7-3-2-5-14(15)6-4-12-19-16(17)11-10-13-8-9-13/h2-7,13H,8-12H2,1H3. The fourth-order valence-electron chi connectivity index (χ4n) is 1.92. The predicted molar refractivity (Wildman–Crippen MR) is 74.9 cm³/mol. The Bertz CT molecular complexity index is 447. The van der Waals surface area contributed by atoms with E-state index in [4.69, 9.17) is 9.47 Å². The smallest absolute Gasteiger partial charge is 0.306 e. The number of methoxy groups -OCH3 is 1. The minimum Gasteiger partial charge on any atom is -0.496 e. The number of ether oxygens (including phenoxy) is 2. The molecule has 1 aliphatic rings. The predicted octanol–water partition coefficient (Wildman–Crippen LogP) is 3.44. The van der Waals surface area contributed by atoms with Gasteiger partial charge in [0.05, 0.1) is 7.11 Å². The van der Waals surface area contributed by atoms with Gasteiger partial charge >= 0.3 is 5.97 Å². The normalized spacial score (nSPS) is 14.6. The van der Waals surface area contributed by atoms with Crippen LogP contribution < -0.4 is 4.74 Å². The Hall–Kier alpha value is -1.77. The molecule has 0 heterocycles. The Balaban J connectivity index is 1.71. The van der Waals surface area contributed by atoms with Gasteiger partial charge in [0.25, 0.3) is 0 Å². The summed E-state index contributed by atoms with van der Waals surface area (Å²) in [7, 11) is 1.64. The van der Waals surface area contributed by atoms with Gasteiger partial charge in [-0.2, -0.15) is 0 Å². The molecule has 0 radical (unpaired) electrons. The van der Waals surface area contributed by atoms with Gasteiger partial charge in [-0.25, -0.2) is 0 Å². The van der Waals surface area contributed by atoms with E-state index in [0.717, 1.165) is 23.7 Å². The summed E-state index contributed by atoms with van der Waals surface area (Å²) >= 11 is 0. The highest BCUT2D eigenvalue weighted by Gasteiger charge is 2.21. The van der Waals surface area contributed by atoms with Crippen molar-refractivity contribution < 1.29 is 14.3 Å². The molecule has 0 spiro atoms. The average molecular weight is 260 g/mol. The van der Waals surface area contributed by atoms with E-state index in [2.05, 4.69) is 0 Å². The molecule has 0 aromatic heterocycles. The van der Waals surface area contributed by atoms with Gasteiger partial charge in [-0.15, -0.1) is 0 Å². The van der Waals surface area contributed by atoms with Crippen molar-refractivity contribution in [3.05, 3.63) is 35.9 Å². The molecule has 19 heavy (non-hydrogen) atoms. The van der Waals surface area contributed by atoms with Gasteiger partial charge in [-0.1, -0.05) is 37.1 Å². The SMILES string of the molecule is COc1ccccc1C=CCOC(=O)CCC1CC1. The van der Waals surface area contributed by atoms with Crippen molar-refractivity contribution in [1.29, 1.82) is 0 Å². The van der Waals surface area contributed by atoms with Gasteiger partial charge in [-0.3, -0.25) is 4.79 Å². The molecule has 0 amide bonds. The van der Waals surface area contributed by atoms with Crippen LogP contribution in [0.3, 0.4) is 0 Å². The van der Waals surface area contributed by atoms with Crippen molar-refractivity contribution in [1.82, 2.24) is 0 Å². The summed E-state index contributed by atoms with van der Waals surface area (Å²) in [5, 5.41) is 0. The lowest BCUT2D eigenvalue weighted by atomic mass is 10.2. The molecule has 0 unspecified atom stereocenters. The Morgan fingerprint density at radius 1 is 1.37 bits per heavy atom. The number of hydrogen-bond acceptors (Lipinski definition) is 3. The van der Waals surface area contributed by atoms with Gasteiger partial charge in [0.1, 0.15) is 12.4 Å². The van der Waals surface area contributed by atoms with Crippen LogP contribution in [0.4, 0.5) is 0 Å². The van der Waals surface area contributed by atoms with E-state index in [1.807, 2.05) is 36.4 Å². The topological polar surface area (TPSA) is 35.5 Å². The molecule has 1 aromatic carbocycles. The number of rotatable bonds is 7. The molecule has 0 aliphatic heterocycles. The van der Waals surface area contributed by atoms with Crippen molar-refractivity contribution in [2.75, 3.05) is 13.7 Å². The van der Waals surface area contributed by atoms with Gasteiger partial charge in [-0.05, 0) is 24.5 Å². The molecule has 3 nitrogen and oxygen atoms in total. The molecule has 1 saturated carbocycles. The van der Waals surface area contributed by atoms with Crippen molar-refractivity contribution in [3.8, 4) is 5.75 Å². The third-order valence-corrected chi connectivity index (χ3v) is 3.23. The Morgan fingerprint density at radius 3 is 2.89 bits per heavy atom. The van der Waals surface area contributed by atoms with E-state index in [-0.39, 0.29) is 5.97 Å². The molecule has 0 N–H and O–H groups in total. The number of hydrogen-bond donors (Lipinski definition) is 0. The number of benzene rings is 1. The van der Waals surface area contributed by atoms with E-state index in [0.29, 0.717) is 13.0 Å². The Morgan fingerprint density at radius 2 is 2.16 bits per heavy atom. The second-order valence-corrected chi connectivity index (χ2v) is 4.81. The molecule has 2 rings (SSSR count). The Kier molecular flexibility index (Phi) is 5.01. The molecule has 1 aromatic rings. The summed E-state index contributed by atoms with van der Waals surface area (Å²) in [6, 6.07) is 7.74. The van der Waals surface area contributed by atoms with E-state index < -0.39 is 0 Å². The highest BCUT2D eigenvalue weighted by atomic mass is 16.5. The number of esters is 1. The van der Waals surface area contributed by atoms with Crippen LogP contribution in [0.5, 0.6) is 5.75 Å². The number of para-hydroxylation sites is 1. The van der Waals surface area contributed by atoms with Gasteiger partial charge < -0.3 is 9.47 Å². The monoisotopic (exact) mass is 260 g/mol. The first kappa shape index (κ1) is 13.7. The summed E-state index contributed by atoms with van der Waals surface area (Å²) in [5.41, 5.74) is 0.985. The minimum atomic E-state index is -0.100. The van der Waals surface area contributed by atoms with Crippen molar-refractivity contribution in [2.24, 2.45) is 5.92 Å². The van der Waals surface area contributed by atoms with Crippen LogP contribution in [0, 0.1) is 5.92 Å². The largest absolute Gasteiger partial charge is 0.496 e. The lowest BCUT2D eigenvalue weighted by Crippen LogP contribution is -2.04. The lowest BCUT2D eigenvalue weighted by Gasteiger charge is -2.04. The van der Waals surface area contributed by atoms with Crippen LogP contribution in [0.15, 0.2) is 30.3 Å². The summed E-state index contributed by atoms with van der Waals surface area (Å²) in [4.78, 5) is 11.4. The van der Waals surface area contributed by atoms with Gasteiger partial charge in [0.2, 0.25) is 0 Å². The van der Waals surface area contributed by atoms with Crippen LogP contribution in [-0.2, 0) is 9.53 Å². The molecule has 1 aliphatic carbocycles. The second kappa shape index (κ2) is 6.98. The van der Waals surface area contributed by atoms with Gasteiger partial charge in [0.15, 0.2) is 0 Å². The van der Waals surface area contributed by atoms with Crippen LogP contribution in [0.2, 0.25) is 0 Å². The number of carbonyl (C=O) groups excluding carboxylic acids is 1. The third kappa shape index (κ3) is 4.78. The van der Waals surface area contributed by atoms with E-state index in [1.165, 1.54) is 12.8 Å². The first-order valence-corrected chi connectivity index (χ1v) is 6.75. The molecule has 0 saturated heterocycles. The average Bonchev–Trinajstić information content (AvgIpc) is 3.26. The first-order chi connectivity index (χ1) is 9.29. The summed E-state index contributed by atoms with van der Waals surface area (Å²) in [6.07, 6.45) is 7.84. The zero-order valence-electron chi connectivity index (χ0n) is 11.3. The van der Waals surface area contributed by atoms with Crippen LogP contribution in [0.1, 0.15) is 31.2 Å². The van der Waals surface area contributed by atoms with Crippen molar-refractivity contribution in [2.45, 2.75) is 25.7 Å². The fraction of sp³-hybridized carbons (Fsp3) is 0.438. The first-order valence-electron chi connectivity index (χ1n) is 6.75. The molecule has 102 valence electrons. The van der Waals surface area contributed by atoms with Gasteiger partial charge in [0, 0.05) is 12.0 Å². The lowest BCUT2D eigenvalue weighted by molar-refractivity contribution is -0.142. The maximum absolute atomic E-state index is 11.4. The molecular formula is C16H20O3. The van der Waals surface area contributed by atoms with Crippen LogP contribution in [0.25, 0.3) is 6.08 Å². The molecule has 3 heteroatoms. The zero-order chi connectivity index (χ0) is 13.5. The maximum Gasteiger partial charge on any atom is 0.306 e. The molecular weight excluding hydrogens is 240 g/mol. The zero-order valence-corrected chi connectivity index (χ0v) is 11.3. The quantitative estimate of drug-likeness (QED) is 0.704. The molecule has 0 bridgehead atoms. The van der Waals surface area contributed by atoms with E-state index in [1.54, 1.807) is 7.11 Å². The van der Waals surface area contributed by atoms with E-state index in [9.17, 15) is 4.79 Å². The highest BCUT2D eigenvalue weighted by Crippen LogP contribution is 2.33. The Labute approximate surface area is 114 Å². The highest BCUT2D eigenvalue weighted by molar-refractivity contribution is 5.69. The third-order valence-electron chi connectivity index (χ3n) is 3.23. The summed E-state index contributed by atoms with van der Waals surface area (Å²) in [5.74, 6) is 1.49. The maximum atomic E-state index is 11.4. The summed E-state index contributed by atoms with van der Waals surface area (Å²) in [6.45, 7) is 0.321. The van der Waals surface area contributed by atoms with Crippen molar-refractivity contribution in [3.63, 3.8) is 0 Å². The van der Waals surface area contributed by atoms with E-state index >= 15 is 0 Å².